The fourth-order valence-corrected chi connectivity index (χ4v) is 2.35. The van der Waals surface area contributed by atoms with E-state index in [-0.39, 0.29) is 6.61 Å². The first-order chi connectivity index (χ1) is 10.1. The van der Waals surface area contributed by atoms with Crippen LogP contribution in [-0.4, -0.2) is 44.2 Å². The van der Waals surface area contributed by atoms with Crippen LogP contribution < -0.4 is 5.32 Å². The van der Waals surface area contributed by atoms with Crippen LogP contribution in [-0.2, 0) is 9.47 Å². The van der Waals surface area contributed by atoms with Gasteiger partial charge in [-0.25, -0.2) is 0 Å². The lowest BCUT2D eigenvalue weighted by atomic mass is 10.3. The molecule has 0 spiro atoms. The quantitative estimate of drug-likeness (QED) is 0.575. The molecular formula is C15H23BrClNO3. The highest BCUT2D eigenvalue weighted by atomic mass is 79.9. The lowest BCUT2D eigenvalue weighted by Gasteiger charge is -2.14. The average Bonchev–Trinajstić information content (AvgIpc) is 2.45. The first-order valence-corrected chi connectivity index (χ1v) is 8.33. The van der Waals surface area contributed by atoms with Crippen LogP contribution in [0.4, 0.5) is 5.69 Å². The van der Waals surface area contributed by atoms with Crippen molar-refractivity contribution in [3.63, 3.8) is 0 Å². The Morgan fingerprint density at radius 1 is 1.29 bits per heavy atom. The molecule has 0 heterocycles. The van der Waals surface area contributed by atoms with E-state index in [2.05, 4.69) is 28.2 Å². The van der Waals surface area contributed by atoms with E-state index in [1.165, 1.54) is 0 Å². The van der Waals surface area contributed by atoms with E-state index in [0.29, 0.717) is 24.8 Å². The minimum atomic E-state index is -0.583. The van der Waals surface area contributed by atoms with E-state index in [9.17, 15) is 5.11 Å². The maximum atomic E-state index is 9.82. The zero-order valence-corrected chi connectivity index (χ0v) is 14.6. The Morgan fingerprint density at radius 3 is 2.76 bits per heavy atom. The molecule has 21 heavy (non-hydrogen) atoms. The number of unbranched alkanes of at least 4 members (excludes halogenated alkanes) is 1. The topological polar surface area (TPSA) is 50.7 Å². The van der Waals surface area contributed by atoms with E-state index >= 15 is 0 Å². The van der Waals surface area contributed by atoms with Gasteiger partial charge in [0.15, 0.2) is 0 Å². The summed E-state index contributed by atoms with van der Waals surface area (Å²) < 4.78 is 11.6. The third kappa shape index (κ3) is 8.63. The molecule has 2 N–H and O–H groups in total. The van der Waals surface area contributed by atoms with Crippen LogP contribution in [0.2, 0.25) is 5.02 Å². The average molecular weight is 381 g/mol. The molecule has 0 saturated carbocycles. The fraction of sp³-hybridized carbons (Fsp3) is 0.600. The third-order valence-electron chi connectivity index (χ3n) is 2.78. The van der Waals surface area contributed by atoms with Crippen molar-refractivity contribution < 1.29 is 14.6 Å². The minimum absolute atomic E-state index is 0.276. The van der Waals surface area contributed by atoms with Crippen molar-refractivity contribution in [3.05, 3.63) is 27.7 Å². The molecule has 0 saturated heterocycles. The normalized spacial score (nSPS) is 12.4. The van der Waals surface area contributed by atoms with Gasteiger partial charge >= 0.3 is 0 Å². The van der Waals surface area contributed by atoms with Crippen LogP contribution in [0.3, 0.4) is 0 Å². The number of hydrogen-bond donors (Lipinski definition) is 2. The predicted octanol–water partition coefficient (Wildman–Crippen LogP) is 3.71. The van der Waals surface area contributed by atoms with Crippen molar-refractivity contribution in [2.75, 3.05) is 38.3 Å². The Hall–Kier alpha value is -0.330. The standard InChI is InChI=1S/C15H23BrClNO3/c1-2-3-6-20-7-8-21-11-13(19)10-18-15-5-4-12(16)9-14(15)17/h4-5,9,13,18-19H,2-3,6-8,10-11H2,1H3. The molecule has 0 bridgehead atoms. The number of halogens is 2. The molecule has 1 atom stereocenters. The van der Waals surface area contributed by atoms with Crippen molar-refractivity contribution in [2.45, 2.75) is 25.9 Å². The molecule has 0 radical (unpaired) electrons. The van der Waals surface area contributed by atoms with Gasteiger partial charge in [-0.1, -0.05) is 40.9 Å². The number of benzene rings is 1. The van der Waals surface area contributed by atoms with Gasteiger partial charge in [-0.05, 0) is 24.6 Å². The molecule has 0 aromatic heterocycles. The smallest absolute Gasteiger partial charge is 0.0945 e. The molecule has 6 heteroatoms. The number of nitrogens with one attached hydrogen (secondary N) is 1. The van der Waals surface area contributed by atoms with E-state index in [1.807, 2.05) is 12.1 Å². The highest BCUT2D eigenvalue weighted by Crippen LogP contribution is 2.25. The SMILES string of the molecule is CCCCOCCOCC(O)CNc1ccc(Br)cc1Cl. The summed E-state index contributed by atoms with van der Waals surface area (Å²) in [6, 6.07) is 5.56. The Morgan fingerprint density at radius 2 is 2.05 bits per heavy atom. The summed E-state index contributed by atoms with van der Waals surface area (Å²) in [5.41, 5.74) is 0.793. The number of anilines is 1. The number of ether oxygens (including phenoxy) is 2. The van der Waals surface area contributed by atoms with Crippen molar-refractivity contribution in [3.8, 4) is 0 Å². The second-order valence-electron chi connectivity index (χ2n) is 4.70. The van der Waals surface area contributed by atoms with Crippen LogP contribution in [0.5, 0.6) is 0 Å². The van der Waals surface area contributed by atoms with Crippen molar-refractivity contribution in [1.29, 1.82) is 0 Å². The fourth-order valence-electron chi connectivity index (χ4n) is 1.61. The molecule has 0 aliphatic carbocycles. The summed E-state index contributed by atoms with van der Waals surface area (Å²) >= 11 is 9.43. The van der Waals surface area contributed by atoms with Crippen LogP contribution in [0.25, 0.3) is 0 Å². The first kappa shape index (κ1) is 18.7. The monoisotopic (exact) mass is 379 g/mol. The highest BCUT2D eigenvalue weighted by molar-refractivity contribution is 9.10. The van der Waals surface area contributed by atoms with Gasteiger partial charge in [-0.2, -0.15) is 0 Å². The predicted molar refractivity (Wildman–Crippen MR) is 90.2 cm³/mol. The zero-order valence-electron chi connectivity index (χ0n) is 12.3. The van der Waals surface area contributed by atoms with E-state index in [1.54, 1.807) is 6.07 Å². The second-order valence-corrected chi connectivity index (χ2v) is 6.02. The molecule has 1 unspecified atom stereocenters. The number of aliphatic hydroxyl groups excluding tert-OH is 1. The van der Waals surface area contributed by atoms with Gasteiger partial charge < -0.3 is 19.9 Å². The van der Waals surface area contributed by atoms with Crippen molar-refractivity contribution in [1.82, 2.24) is 0 Å². The van der Waals surface area contributed by atoms with Gasteiger partial charge in [0.2, 0.25) is 0 Å². The van der Waals surface area contributed by atoms with Crippen molar-refractivity contribution >= 4 is 33.2 Å². The molecule has 120 valence electrons. The highest BCUT2D eigenvalue weighted by Gasteiger charge is 2.06. The molecule has 4 nitrogen and oxygen atoms in total. The minimum Gasteiger partial charge on any atom is -0.389 e. The van der Waals surface area contributed by atoms with Gasteiger partial charge in [0.25, 0.3) is 0 Å². The van der Waals surface area contributed by atoms with Crippen LogP contribution in [0, 0.1) is 0 Å². The van der Waals surface area contributed by atoms with Gasteiger partial charge in [0.1, 0.15) is 0 Å². The van der Waals surface area contributed by atoms with Crippen molar-refractivity contribution in [2.24, 2.45) is 0 Å². The summed E-state index contributed by atoms with van der Waals surface area (Å²) in [5, 5.41) is 13.5. The van der Waals surface area contributed by atoms with Crippen LogP contribution in [0.15, 0.2) is 22.7 Å². The lowest BCUT2D eigenvalue weighted by Crippen LogP contribution is -2.25. The zero-order chi connectivity index (χ0) is 15.5. The summed E-state index contributed by atoms with van der Waals surface area (Å²) in [7, 11) is 0. The van der Waals surface area contributed by atoms with Gasteiger partial charge in [-0.3, -0.25) is 0 Å². The maximum absolute atomic E-state index is 9.82. The van der Waals surface area contributed by atoms with Gasteiger partial charge in [0.05, 0.1) is 36.6 Å². The van der Waals surface area contributed by atoms with Crippen LogP contribution >= 0.6 is 27.5 Å². The molecule has 0 fully saturated rings. The second kappa shape index (κ2) is 11.3. The van der Waals surface area contributed by atoms with E-state index in [4.69, 9.17) is 21.1 Å². The van der Waals surface area contributed by atoms with Gasteiger partial charge in [-0.15, -0.1) is 0 Å². The molecule has 0 amide bonds. The number of aliphatic hydroxyl groups is 1. The Bertz CT molecular complexity index is 407. The summed E-state index contributed by atoms with van der Waals surface area (Å²) in [6.45, 7) is 4.63. The molecule has 0 aliphatic rings. The molecular weight excluding hydrogens is 358 g/mol. The van der Waals surface area contributed by atoms with E-state index in [0.717, 1.165) is 29.6 Å². The lowest BCUT2D eigenvalue weighted by molar-refractivity contribution is 0.00749. The molecule has 1 aromatic carbocycles. The Balaban J connectivity index is 2.09. The Kier molecular flexibility index (Phi) is 10.0. The number of hydrogen-bond acceptors (Lipinski definition) is 4. The maximum Gasteiger partial charge on any atom is 0.0945 e. The number of rotatable bonds is 11. The summed E-state index contributed by atoms with van der Waals surface area (Å²) in [4.78, 5) is 0. The van der Waals surface area contributed by atoms with Gasteiger partial charge in [0, 0.05) is 17.6 Å². The first-order valence-electron chi connectivity index (χ1n) is 7.16. The van der Waals surface area contributed by atoms with E-state index < -0.39 is 6.10 Å². The summed E-state index contributed by atoms with van der Waals surface area (Å²) in [5.74, 6) is 0. The summed E-state index contributed by atoms with van der Waals surface area (Å²) in [6.07, 6.45) is 1.62. The Labute approximate surface area is 139 Å². The largest absolute Gasteiger partial charge is 0.389 e. The molecule has 1 aromatic rings. The third-order valence-corrected chi connectivity index (χ3v) is 3.59. The molecule has 0 aliphatic heterocycles. The molecule has 1 rings (SSSR count). The van der Waals surface area contributed by atoms with Crippen LogP contribution in [0.1, 0.15) is 19.8 Å².